The average molecular weight is 555 g/mol. The van der Waals surface area contributed by atoms with Crippen molar-refractivity contribution in [2.75, 3.05) is 0 Å². The van der Waals surface area contributed by atoms with Gasteiger partial charge in [0.1, 0.15) is 12.4 Å². The number of nitro benzene ring substituents is 1. The standard InChI is InChI=1S/C23H14IN3O4S/c24-17-11-14(8-9-20(17)31-13-15-4-3-5-16(10-15)27(29)30)12-21-22(28)26-19-7-2-1-6-18(19)25-23(26)32-21/h1-12H,13H2/b21-12-. The number of imidazole rings is 1. The van der Waals surface area contributed by atoms with Crippen LogP contribution in [0.5, 0.6) is 5.75 Å². The van der Waals surface area contributed by atoms with Gasteiger partial charge in [0.2, 0.25) is 0 Å². The first-order valence-electron chi connectivity index (χ1n) is 9.57. The van der Waals surface area contributed by atoms with Crippen molar-refractivity contribution in [3.63, 3.8) is 0 Å². The third-order valence-electron chi connectivity index (χ3n) is 4.91. The summed E-state index contributed by atoms with van der Waals surface area (Å²) in [5.74, 6) is 0.670. The third-order valence-corrected chi connectivity index (χ3v) is 6.73. The minimum atomic E-state index is -0.424. The Morgan fingerprint density at radius 1 is 1.12 bits per heavy atom. The zero-order chi connectivity index (χ0) is 22.2. The second kappa shape index (κ2) is 8.32. The van der Waals surface area contributed by atoms with Gasteiger partial charge in [-0.1, -0.05) is 41.7 Å². The molecule has 0 spiro atoms. The van der Waals surface area contributed by atoms with Gasteiger partial charge in [-0.2, -0.15) is 0 Å². The fourth-order valence-electron chi connectivity index (χ4n) is 3.41. The van der Waals surface area contributed by atoms with Crippen LogP contribution in [0.15, 0.2) is 71.5 Å². The van der Waals surface area contributed by atoms with Crippen LogP contribution in [0.4, 0.5) is 5.69 Å². The minimum Gasteiger partial charge on any atom is -0.488 e. The van der Waals surface area contributed by atoms with Crippen molar-refractivity contribution in [2.24, 2.45) is 0 Å². The van der Waals surface area contributed by atoms with Gasteiger partial charge < -0.3 is 4.74 Å². The molecule has 5 rings (SSSR count). The lowest BCUT2D eigenvalue weighted by Crippen LogP contribution is -2.22. The van der Waals surface area contributed by atoms with E-state index in [-0.39, 0.29) is 17.9 Å². The van der Waals surface area contributed by atoms with Crippen LogP contribution in [0, 0.1) is 13.7 Å². The molecule has 2 heterocycles. The molecule has 0 aliphatic rings. The van der Waals surface area contributed by atoms with Crippen LogP contribution in [0.1, 0.15) is 11.1 Å². The molecule has 3 aromatic carbocycles. The topological polar surface area (TPSA) is 86.7 Å². The molecule has 0 aliphatic carbocycles. The Morgan fingerprint density at radius 2 is 1.97 bits per heavy atom. The van der Waals surface area contributed by atoms with E-state index in [9.17, 15) is 14.9 Å². The molecule has 0 aliphatic heterocycles. The number of nitrogens with zero attached hydrogens (tertiary/aromatic N) is 3. The molecule has 158 valence electrons. The molecule has 0 N–H and O–H groups in total. The minimum absolute atomic E-state index is 0.0363. The summed E-state index contributed by atoms with van der Waals surface area (Å²) in [6.07, 6.45) is 1.85. The third kappa shape index (κ3) is 3.84. The lowest BCUT2D eigenvalue weighted by atomic mass is 10.2. The Morgan fingerprint density at radius 3 is 2.78 bits per heavy atom. The first-order chi connectivity index (χ1) is 15.5. The first kappa shape index (κ1) is 20.6. The van der Waals surface area contributed by atoms with Gasteiger partial charge in [0, 0.05) is 12.1 Å². The Balaban J connectivity index is 1.41. The summed E-state index contributed by atoms with van der Waals surface area (Å²) in [4.78, 5) is 28.6. The number of nitro groups is 1. The van der Waals surface area contributed by atoms with E-state index >= 15 is 0 Å². The van der Waals surface area contributed by atoms with Gasteiger partial charge in [0.05, 0.1) is 24.1 Å². The zero-order valence-electron chi connectivity index (χ0n) is 16.4. The molecule has 5 aromatic rings. The van der Waals surface area contributed by atoms with Crippen LogP contribution in [0.2, 0.25) is 0 Å². The number of halogens is 1. The SMILES string of the molecule is O=c1/c(=C/c2ccc(OCc3cccc([N+](=O)[O-])c3)c(I)c2)sc2nc3ccccc3n12. The number of non-ortho nitro benzene ring substituents is 1. The van der Waals surface area contributed by atoms with E-state index in [4.69, 9.17) is 4.74 Å². The van der Waals surface area contributed by atoms with E-state index in [1.165, 1.54) is 23.5 Å². The smallest absolute Gasteiger partial charge is 0.274 e. The molecule has 0 atom stereocenters. The van der Waals surface area contributed by atoms with Crippen molar-refractivity contribution in [3.05, 3.63) is 106 Å². The van der Waals surface area contributed by atoms with Crippen molar-refractivity contribution in [2.45, 2.75) is 6.61 Å². The second-order valence-corrected chi connectivity index (χ2v) is 9.21. The quantitative estimate of drug-likeness (QED) is 0.181. The summed E-state index contributed by atoms with van der Waals surface area (Å²) in [7, 11) is 0. The maximum absolute atomic E-state index is 12.9. The Kier molecular flexibility index (Phi) is 5.35. The lowest BCUT2D eigenvalue weighted by Gasteiger charge is -2.09. The molecule has 0 radical (unpaired) electrons. The highest BCUT2D eigenvalue weighted by Gasteiger charge is 2.11. The molecule has 0 bridgehead atoms. The molecule has 0 saturated carbocycles. The molecule has 0 saturated heterocycles. The maximum atomic E-state index is 12.9. The predicted octanol–water partition coefficient (Wildman–Crippen LogP) is 4.55. The summed E-state index contributed by atoms with van der Waals surface area (Å²) in [5, 5.41) is 10.9. The van der Waals surface area contributed by atoms with Crippen LogP contribution < -0.4 is 14.8 Å². The maximum Gasteiger partial charge on any atom is 0.274 e. The largest absolute Gasteiger partial charge is 0.488 e. The van der Waals surface area contributed by atoms with Gasteiger partial charge in [-0.05, 0) is 64.1 Å². The molecule has 0 unspecified atom stereocenters. The Bertz CT molecular complexity index is 1610. The molecule has 7 nitrogen and oxygen atoms in total. The van der Waals surface area contributed by atoms with Gasteiger partial charge in [-0.25, -0.2) is 9.38 Å². The Labute approximate surface area is 198 Å². The predicted molar refractivity (Wildman–Crippen MR) is 132 cm³/mol. The van der Waals surface area contributed by atoms with Gasteiger partial charge in [-0.3, -0.25) is 14.9 Å². The van der Waals surface area contributed by atoms with Gasteiger partial charge in [-0.15, -0.1) is 0 Å². The van der Waals surface area contributed by atoms with Crippen LogP contribution in [-0.2, 0) is 6.61 Å². The van der Waals surface area contributed by atoms with E-state index in [0.717, 1.165) is 25.7 Å². The molecular weight excluding hydrogens is 541 g/mol. The molecule has 2 aromatic heterocycles. The molecular formula is C23H14IN3O4S. The van der Waals surface area contributed by atoms with E-state index in [1.807, 2.05) is 48.5 Å². The molecule has 32 heavy (non-hydrogen) atoms. The summed E-state index contributed by atoms with van der Waals surface area (Å²) >= 11 is 3.54. The van der Waals surface area contributed by atoms with E-state index < -0.39 is 4.92 Å². The van der Waals surface area contributed by atoms with Gasteiger partial charge in [0.25, 0.3) is 11.2 Å². The number of hydrogen-bond acceptors (Lipinski definition) is 6. The van der Waals surface area contributed by atoms with E-state index in [1.54, 1.807) is 16.5 Å². The number of aromatic nitrogens is 2. The highest BCUT2D eigenvalue weighted by atomic mass is 127. The van der Waals surface area contributed by atoms with E-state index in [0.29, 0.717) is 15.2 Å². The summed E-state index contributed by atoms with van der Waals surface area (Å²) in [5.41, 5.74) is 3.16. The first-order valence-corrected chi connectivity index (χ1v) is 11.5. The number of hydrogen-bond donors (Lipinski definition) is 0. The van der Waals surface area contributed by atoms with Gasteiger partial charge in [0.15, 0.2) is 4.96 Å². The molecule has 9 heteroatoms. The number of fused-ring (bicyclic) bond motifs is 3. The Hall–Kier alpha value is -3.31. The number of rotatable bonds is 5. The summed E-state index contributed by atoms with van der Waals surface area (Å²) < 4.78 is 8.99. The van der Waals surface area contributed by atoms with Crippen molar-refractivity contribution in [3.8, 4) is 5.75 Å². The highest BCUT2D eigenvalue weighted by molar-refractivity contribution is 14.1. The zero-order valence-corrected chi connectivity index (χ0v) is 19.4. The van der Waals surface area contributed by atoms with Crippen LogP contribution in [0.3, 0.4) is 0 Å². The van der Waals surface area contributed by atoms with Crippen molar-refractivity contribution in [1.82, 2.24) is 9.38 Å². The van der Waals surface area contributed by atoms with Crippen LogP contribution >= 0.6 is 33.9 Å². The summed E-state index contributed by atoms with van der Waals surface area (Å²) in [6.45, 7) is 0.223. The van der Waals surface area contributed by atoms with E-state index in [2.05, 4.69) is 27.6 Å². The van der Waals surface area contributed by atoms with Gasteiger partial charge >= 0.3 is 0 Å². The molecule has 0 fully saturated rings. The van der Waals surface area contributed by atoms with Crippen LogP contribution in [0.25, 0.3) is 22.1 Å². The van der Waals surface area contributed by atoms with Crippen molar-refractivity contribution >= 4 is 61.7 Å². The number of para-hydroxylation sites is 2. The fourth-order valence-corrected chi connectivity index (χ4v) is 5.09. The monoisotopic (exact) mass is 555 g/mol. The second-order valence-electron chi connectivity index (χ2n) is 7.04. The number of ether oxygens (including phenoxy) is 1. The summed E-state index contributed by atoms with van der Waals surface area (Å²) in [6, 6.07) is 19.6. The fraction of sp³-hybridized carbons (Fsp3) is 0.0435. The van der Waals surface area contributed by atoms with Crippen LogP contribution in [-0.4, -0.2) is 14.3 Å². The van der Waals surface area contributed by atoms with Crippen molar-refractivity contribution < 1.29 is 9.66 Å². The average Bonchev–Trinajstić information content (AvgIpc) is 3.29. The lowest BCUT2D eigenvalue weighted by molar-refractivity contribution is -0.384. The number of thiazole rings is 1. The normalized spacial score (nSPS) is 12.0. The molecule has 0 amide bonds. The highest BCUT2D eigenvalue weighted by Crippen LogP contribution is 2.24. The number of benzene rings is 3. The van der Waals surface area contributed by atoms with Crippen molar-refractivity contribution in [1.29, 1.82) is 0 Å².